The molecule has 0 unspecified atom stereocenters. The minimum absolute atomic E-state index is 0.339. The highest BCUT2D eigenvalue weighted by molar-refractivity contribution is 7.23. The van der Waals surface area contributed by atoms with E-state index in [0.29, 0.717) is 26.4 Å². The summed E-state index contributed by atoms with van der Waals surface area (Å²) >= 11 is 3.60. The highest BCUT2D eigenvalue weighted by atomic mass is 32.1. The van der Waals surface area contributed by atoms with E-state index in [1.54, 1.807) is 22.7 Å². The molecule has 0 N–H and O–H groups in total. The van der Waals surface area contributed by atoms with Gasteiger partial charge in [-0.05, 0) is 118 Å². The van der Waals surface area contributed by atoms with Crippen LogP contribution in [-0.2, 0) is 18.9 Å². The summed E-state index contributed by atoms with van der Waals surface area (Å²) < 4.78 is 25.9. The smallest absolute Gasteiger partial charge is 0.184 e. The summed E-state index contributed by atoms with van der Waals surface area (Å²) in [6, 6.07) is 85.6. The van der Waals surface area contributed by atoms with Gasteiger partial charge in [0.05, 0.1) is 37.8 Å². The zero-order valence-corrected chi connectivity index (χ0v) is 42.4. The van der Waals surface area contributed by atoms with Gasteiger partial charge in [-0.3, -0.25) is 0 Å². The number of hydrogen-bond acceptors (Lipinski definition) is 9. The maximum Gasteiger partial charge on any atom is 0.184 e. The average Bonchev–Trinajstić information content (AvgIpc) is 4.34. The third-order valence-corrected chi connectivity index (χ3v) is 16.4. The van der Waals surface area contributed by atoms with E-state index in [2.05, 4.69) is 251 Å². The summed E-state index contributed by atoms with van der Waals surface area (Å²) in [4.78, 5) is 7.18. The number of anilines is 9. The number of thiophene rings is 2. The van der Waals surface area contributed by atoms with Gasteiger partial charge in [0.15, 0.2) is 12.6 Å². The predicted octanol–water partition coefficient (Wildman–Crippen LogP) is 18.6. The van der Waals surface area contributed by atoms with E-state index in [9.17, 15) is 0 Å². The fraction of sp³-hybridized carbons (Fsp3) is 0.0909. The molecular weight excluding hydrogens is 963 g/mol. The molecule has 10 aromatic carbocycles. The predicted molar refractivity (Wildman–Crippen MR) is 311 cm³/mol. The molecule has 2 aliphatic rings. The Morgan fingerprint density at radius 1 is 0.307 bits per heavy atom. The van der Waals surface area contributed by atoms with Crippen molar-refractivity contribution in [1.82, 2.24) is 0 Å². The molecule has 0 amide bonds. The SMILES string of the molecule is c1ccc(-c2ccc(N(c3ccc4cc(N(c5ccc(C6OCCO6)cc5)c5cccc6ccccc56)sc4c3)c3ccc4cc(N(c5ccc(C6OCCO6)cc5)c5cccc6ccccc56)sc4c3)cc2)cc1. The molecule has 4 heterocycles. The summed E-state index contributed by atoms with van der Waals surface area (Å²) in [5.41, 5.74) is 12.0. The number of hydrogen-bond donors (Lipinski definition) is 0. The molecule has 2 aromatic heterocycles. The first-order valence-corrected chi connectivity index (χ1v) is 27.0. The molecule has 12 aromatic rings. The van der Waals surface area contributed by atoms with Crippen LogP contribution in [0.4, 0.5) is 49.8 Å². The molecule has 75 heavy (non-hydrogen) atoms. The van der Waals surface area contributed by atoms with E-state index >= 15 is 0 Å². The van der Waals surface area contributed by atoms with Crippen molar-refractivity contribution in [3.05, 3.63) is 248 Å². The maximum absolute atomic E-state index is 5.88. The molecule has 7 nitrogen and oxygen atoms in total. The van der Waals surface area contributed by atoms with Gasteiger partial charge in [0, 0.05) is 59.7 Å². The van der Waals surface area contributed by atoms with Crippen molar-refractivity contribution in [1.29, 1.82) is 0 Å². The van der Waals surface area contributed by atoms with Crippen molar-refractivity contribution in [2.24, 2.45) is 0 Å². The molecule has 0 bridgehead atoms. The molecule has 364 valence electrons. The molecule has 0 saturated carbocycles. The fourth-order valence-electron chi connectivity index (χ4n) is 10.6. The second-order valence-corrected chi connectivity index (χ2v) is 21.0. The van der Waals surface area contributed by atoms with Crippen LogP contribution in [0.1, 0.15) is 23.7 Å². The lowest BCUT2D eigenvalue weighted by Crippen LogP contribution is -2.09. The molecule has 2 fully saturated rings. The minimum atomic E-state index is -0.339. The van der Waals surface area contributed by atoms with E-state index < -0.39 is 0 Å². The van der Waals surface area contributed by atoms with Gasteiger partial charge in [0.2, 0.25) is 0 Å². The van der Waals surface area contributed by atoms with Crippen molar-refractivity contribution < 1.29 is 18.9 Å². The van der Waals surface area contributed by atoms with Gasteiger partial charge in [-0.2, -0.15) is 0 Å². The van der Waals surface area contributed by atoms with Gasteiger partial charge in [-0.15, -0.1) is 22.7 Å². The van der Waals surface area contributed by atoms with Gasteiger partial charge >= 0.3 is 0 Å². The Kier molecular flexibility index (Phi) is 11.9. The van der Waals surface area contributed by atoms with Gasteiger partial charge in [-0.1, -0.05) is 152 Å². The third kappa shape index (κ3) is 8.69. The van der Waals surface area contributed by atoms with Crippen LogP contribution in [0.25, 0.3) is 52.8 Å². The molecule has 0 spiro atoms. The molecular formula is C66H49N3O4S2. The summed E-state index contributed by atoms with van der Waals surface area (Å²) in [5, 5.41) is 9.35. The van der Waals surface area contributed by atoms with Gasteiger partial charge in [0.25, 0.3) is 0 Å². The number of nitrogens with zero attached hydrogens (tertiary/aromatic N) is 3. The molecule has 2 saturated heterocycles. The standard InChI is InChI=1S/C66H49N3O4S2/c1-2-10-44(11-3-1)45-20-28-52(29-21-45)67(55-34-26-50-40-63(74-61(50)42-55)68(59-18-8-14-46-12-4-6-16-57(46)59)53-30-22-48(23-31-53)65-70-36-37-71-65)56-35-27-51-41-64(75-62(51)43-56)69(60-19-9-15-47-13-5-7-17-58(47)60)54-32-24-49(25-33-54)66-72-38-39-73-66/h1-35,40-43,65-66H,36-39H2. The fourth-order valence-corrected chi connectivity index (χ4v) is 12.9. The lowest BCUT2D eigenvalue weighted by molar-refractivity contribution is -0.0443. The first-order chi connectivity index (χ1) is 37.1. The van der Waals surface area contributed by atoms with Crippen molar-refractivity contribution in [3.63, 3.8) is 0 Å². The quantitative estimate of drug-likeness (QED) is 0.121. The minimum Gasteiger partial charge on any atom is -0.346 e. The van der Waals surface area contributed by atoms with Crippen LogP contribution in [0.3, 0.4) is 0 Å². The lowest BCUT2D eigenvalue weighted by Gasteiger charge is -2.26. The maximum atomic E-state index is 5.88. The van der Waals surface area contributed by atoms with Gasteiger partial charge in [0.1, 0.15) is 10.0 Å². The Labute approximate surface area is 443 Å². The highest BCUT2D eigenvalue weighted by Gasteiger charge is 2.25. The first-order valence-electron chi connectivity index (χ1n) is 25.4. The van der Waals surface area contributed by atoms with Gasteiger partial charge in [-0.25, -0.2) is 0 Å². The molecule has 9 heteroatoms. The Bertz CT molecular complexity index is 3770. The third-order valence-electron chi connectivity index (χ3n) is 14.3. The Morgan fingerprint density at radius 2 is 0.693 bits per heavy atom. The summed E-state index contributed by atoms with van der Waals surface area (Å²) in [7, 11) is 0. The van der Waals surface area contributed by atoms with Crippen LogP contribution in [0.15, 0.2) is 237 Å². The van der Waals surface area contributed by atoms with Crippen molar-refractivity contribution >= 4 is 114 Å². The van der Waals surface area contributed by atoms with Crippen LogP contribution in [0.5, 0.6) is 0 Å². The monoisotopic (exact) mass is 1010 g/mol. The van der Waals surface area contributed by atoms with Crippen LogP contribution >= 0.6 is 22.7 Å². The van der Waals surface area contributed by atoms with E-state index in [0.717, 1.165) is 60.9 Å². The molecule has 0 aliphatic carbocycles. The highest BCUT2D eigenvalue weighted by Crippen LogP contribution is 2.49. The number of benzene rings is 10. The van der Waals surface area contributed by atoms with E-state index in [1.807, 2.05) is 0 Å². The normalized spacial score (nSPS) is 14.1. The Morgan fingerprint density at radius 3 is 1.17 bits per heavy atom. The van der Waals surface area contributed by atoms with E-state index in [-0.39, 0.29) is 12.6 Å². The summed E-state index contributed by atoms with van der Waals surface area (Å²) in [6.45, 7) is 2.42. The lowest BCUT2D eigenvalue weighted by atomic mass is 10.0. The second kappa shape index (κ2) is 19.6. The number of rotatable bonds is 12. The molecule has 14 rings (SSSR count). The average molecular weight is 1010 g/mol. The Hall–Kier alpha value is -8.12. The van der Waals surface area contributed by atoms with E-state index in [1.165, 1.54) is 52.8 Å². The molecule has 0 radical (unpaired) electrons. The van der Waals surface area contributed by atoms with Crippen LogP contribution in [0, 0.1) is 0 Å². The van der Waals surface area contributed by atoms with Crippen molar-refractivity contribution in [2.75, 3.05) is 41.1 Å². The Balaban J connectivity index is 0.880. The molecule has 0 atom stereocenters. The van der Waals surface area contributed by atoms with Crippen LogP contribution < -0.4 is 14.7 Å². The summed E-state index contributed by atoms with van der Waals surface area (Å²) in [5.74, 6) is 0. The second-order valence-electron chi connectivity index (χ2n) is 18.9. The zero-order chi connectivity index (χ0) is 49.7. The zero-order valence-electron chi connectivity index (χ0n) is 40.8. The largest absolute Gasteiger partial charge is 0.346 e. The van der Waals surface area contributed by atoms with E-state index in [4.69, 9.17) is 18.9 Å². The van der Waals surface area contributed by atoms with Gasteiger partial charge < -0.3 is 33.6 Å². The number of ether oxygens (including phenoxy) is 4. The van der Waals surface area contributed by atoms with Crippen molar-refractivity contribution in [2.45, 2.75) is 12.6 Å². The van der Waals surface area contributed by atoms with Crippen molar-refractivity contribution in [3.8, 4) is 11.1 Å². The first kappa shape index (κ1) is 45.5. The number of fused-ring (bicyclic) bond motifs is 4. The molecule has 2 aliphatic heterocycles. The van der Waals surface area contributed by atoms with Crippen LogP contribution in [0.2, 0.25) is 0 Å². The topological polar surface area (TPSA) is 46.6 Å². The van der Waals surface area contributed by atoms with Crippen LogP contribution in [-0.4, -0.2) is 26.4 Å². The summed E-state index contributed by atoms with van der Waals surface area (Å²) in [6.07, 6.45) is -0.678.